The lowest BCUT2D eigenvalue weighted by Crippen LogP contribution is -2.51. The summed E-state index contributed by atoms with van der Waals surface area (Å²) in [5.74, 6) is -1.20. The lowest BCUT2D eigenvalue weighted by molar-refractivity contribution is -0.236. The molecule has 1 rings (SSSR count). The van der Waals surface area contributed by atoms with E-state index in [0.29, 0.717) is 0 Å². The van der Waals surface area contributed by atoms with Gasteiger partial charge in [0.2, 0.25) is 0 Å². The van der Waals surface area contributed by atoms with E-state index in [0.717, 1.165) is 0 Å². The first-order chi connectivity index (χ1) is 9.08. The Labute approximate surface area is 115 Å². The van der Waals surface area contributed by atoms with Gasteiger partial charge in [-0.3, -0.25) is 14.1 Å². The Hall–Kier alpha value is -0.990. The van der Waals surface area contributed by atoms with E-state index in [1.165, 1.54) is 20.8 Å². The van der Waals surface area contributed by atoms with E-state index in [1.807, 2.05) is 0 Å². The van der Waals surface area contributed by atoms with Crippen LogP contribution in [0.5, 0.6) is 0 Å². The summed E-state index contributed by atoms with van der Waals surface area (Å²) in [5, 5.41) is 0. The van der Waals surface area contributed by atoms with Crippen LogP contribution in [0.25, 0.3) is 0 Å². The SMILES string of the molecule is CC(=O)O[C@@H]1[C@H](C)O[C@H](OP(=O)(O)O)C[C@@H]1OC(C)=O. The van der Waals surface area contributed by atoms with Crippen LogP contribution in [-0.2, 0) is 32.9 Å². The Bertz CT molecular complexity index is 417. The zero-order valence-electron chi connectivity index (χ0n) is 11.2. The van der Waals surface area contributed by atoms with Crippen molar-refractivity contribution < 1.29 is 42.7 Å². The maximum absolute atomic E-state index is 11.0. The number of rotatable bonds is 4. The highest BCUT2D eigenvalue weighted by molar-refractivity contribution is 7.46. The molecule has 1 aliphatic heterocycles. The number of phosphoric ester groups is 1. The molecule has 20 heavy (non-hydrogen) atoms. The summed E-state index contributed by atoms with van der Waals surface area (Å²) in [6.07, 6.45) is -3.95. The molecule has 0 amide bonds. The van der Waals surface area contributed by atoms with Crippen LogP contribution in [0.2, 0.25) is 0 Å². The van der Waals surface area contributed by atoms with Gasteiger partial charge in [-0.25, -0.2) is 4.57 Å². The van der Waals surface area contributed by atoms with Gasteiger partial charge in [-0.1, -0.05) is 0 Å². The van der Waals surface area contributed by atoms with Crippen LogP contribution < -0.4 is 0 Å². The number of ether oxygens (including phenoxy) is 3. The van der Waals surface area contributed by atoms with Gasteiger partial charge in [0.25, 0.3) is 0 Å². The van der Waals surface area contributed by atoms with Gasteiger partial charge in [-0.2, -0.15) is 0 Å². The van der Waals surface area contributed by atoms with Crippen LogP contribution in [0, 0.1) is 0 Å². The standard InChI is InChI=1S/C10H17O9P/c1-5-10(18-7(3)12)8(17-6(2)11)4-9(16-5)19-20(13,14)15/h5,8-10H,4H2,1-3H3,(H2,13,14,15)/t5-,8-,9+,10+/m0/s1. The molecule has 0 radical (unpaired) electrons. The van der Waals surface area contributed by atoms with Gasteiger partial charge in [0.1, 0.15) is 6.10 Å². The minimum absolute atomic E-state index is 0.160. The molecule has 116 valence electrons. The molecule has 0 aromatic heterocycles. The molecule has 0 bridgehead atoms. The molecule has 0 spiro atoms. The second-order valence-corrected chi connectivity index (χ2v) is 5.52. The highest BCUT2D eigenvalue weighted by Crippen LogP contribution is 2.41. The van der Waals surface area contributed by atoms with Crippen molar-refractivity contribution in [1.29, 1.82) is 0 Å². The quantitative estimate of drug-likeness (QED) is 0.548. The lowest BCUT2D eigenvalue weighted by Gasteiger charge is -2.38. The molecule has 0 aliphatic carbocycles. The van der Waals surface area contributed by atoms with E-state index in [4.69, 9.17) is 24.0 Å². The number of phosphoric acid groups is 1. The minimum Gasteiger partial charge on any atom is -0.458 e. The number of carbonyl (C=O) groups is 2. The summed E-state index contributed by atoms with van der Waals surface area (Å²) in [6.45, 7) is 3.87. The molecule has 1 aliphatic rings. The zero-order valence-corrected chi connectivity index (χ0v) is 12.1. The molecule has 9 nitrogen and oxygen atoms in total. The van der Waals surface area contributed by atoms with Crippen molar-refractivity contribution in [3.05, 3.63) is 0 Å². The number of hydrogen-bond acceptors (Lipinski definition) is 7. The average molecular weight is 312 g/mol. The first kappa shape index (κ1) is 17.1. The van der Waals surface area contributed by atoms with Gasteiger partial charge in [-0.05, 0) is 6.92 Å². The fraction of sp³-hybridized carbons (Fsp3) is 0.800. The second kappa shape index (κ2) is 6.64. The van der Waals surface area contributed by atoms with Crippen molar-refractivity contribution in [2.75, 3.05) is 0 Å². The largest absolute Gasteiger partial charge is 0.471 e. The fourth-order valence-corrected chi connectivity index (χ4v) is 2.35. The van der Waals surface area contributed by atoms with E-state index in [-0.39, 0.29) is 6.42 Å². The Balaban J connectivity index is 2.81. The summed E-state index contributed by atoms with van der Waals surface area (Å²) >= 11 is 0. The minimum atomic E-state index is -4.74. The monoisotopic (exact) mass is 312 g/mol. The normalized spacial score (nSPS) is 30.6. The van der Waals surface area contributed by atoms with E-state index >= 15 is 0 Å². The third-order valence-corrected chi connectivity index (χ3v) is 3.00. The van der Waals surface area contributed by atoms with Gasteiger partial charge >= 0.3 is 19.8 Å². The molecule has 1 fully saturated rings. The van der Waals surface area contributed by atoms with Crippen LogP contribution in [0.3, 0.4) is 0 Å². The van der Waals surface area contributed by atoms with Crippen LogP contribution >= 0.6 is 7.82 Å². The van der Waals surface area contributed by atoms with E-state index in [1.54, 1.807) is 0 Å². The van der Waals surface area contributed by atoms with Crippen molar-refractivity contribution in [2.24, 2.45) is 0 Å². The van der Waals surface area contributed by atoms with Gasteiger partial charge in [-0.15, -0.1) is 0 Å². The average Bonchev–Trinajstić information content (AvgIpc) is 2.19. The number of hydrogen-bond donors (Lipinski definition) is 2. The Morgan fingerprint density at radius 3 is 2.20 bits per heavy atom. The Morgan fingerprint density at radius 2 is 1.75 bits per heavy atom. The van der Waals surface area contributed by atoms with E-state index < -0.39 is 44.4 Å². The highest BCUT2D eigenvalue weighted by Gasteiger charge is 2.43. The van der Waals surface area contributed by atoms with Crippen molar-refractivity contribution in [1.82, 2.24) is 0 Å². The molecule has 0 aromatic rings. The number of esters is 2. The molecule has 1 heterocycles. The van der Waals surface area contributed by atoms with Crippen LogP contribution in [0.15, 0.2) is 0 Å². The maximum atomic E-state index is 11.0. The topological polar surface area (TPSA) is 129 Å². The molecule has 2 N–H and O–H groups in total. The van der Waals surface area contributed by atoms with E-state index in [2.05, 4.69) is 4.52 Å². The molecule has 0 unspecified atom stereocenters. The molecule has 1 saturated heterocycles. The zero-order chi connectivity index (χ0) is 15.5. The smallest absolute Gasteiger partial charge is 0.458 e. The number of carbonyl (C=O) groups excluding carboxylic acids is 2. The summed E-state index contributed by atoms with van der Waals surface area (Å²) in [6, 6.07) is 0. The van der Waals surface area contributed by atoms with Crippen LogP contribution in [0.4, 0.5) is 0 Å². The summed E-state index contributed by atoms with van der Waals surface area (Å²) in [5.41, 5.74) is 0. The van der Waals surface area contributed by atoms with Crippen molar-refractivity contribution >= 4 is 19.8 Å². The molecule has 4 atom stereocenters. The van der Waals surface area contributed by atoms with Gasteiger partial charge in [0.05, 0.1) is 6.10 Å². The third kappa shape index (κ3) is 5.56. The highest BCUT2D eigenvalue weighted by atomic mass is 31.2. The van der Waals surface area contributed by atoms with Gasteiger partial charge < -0.3 is 24.0 Å². The molecular weight excluding hydrogens is 295 g/mol. The Kier molecular flexibility index (Phi) is 5.67. The summed E-state index contributed by atoms with van der Waals surface area (Å²) < 4.78 is 30.4. The maximum Gasteiger partial charge on any atom is 0.471 e. The predicted molar refractivity (Wildman–Crippen MR) is 63.2 cm³/mol. The Morgan fingerprint density at radius 1 is 1.20 bits per heavy atom. The van der Waals surface area contributed by atoms with E-state index in [9.17, 15) is 14.2 Å². The molecule has 10 heteroatoms. The van der Waals surface area contributed by atoms with Crippen molar-refractivity contribution in [3.8, 4) is 0 Å². The van der Waals surface area contributed by atoms with Crippen molar-refractivity contribution in [2.45, 2.75) is 51.8 Å². The molecular formula is C10H17O9P. The van der Waals surface area contributed by atoms with Gasteiger partial charge in [0.15, 0.2) is 12.4 Å². The van der Waals surface area contributed by atoms with Crippen LogP contribution in [-0.4, -0.2) is 46.3 Å². The third-order valence-electron chi connectivity index (χ3n) is 2.49. The fourth-order valence-electron chi connectivity index (χ4n) is 1.91. The summed E-state index contributed by atoms with van der Waals surface area (Å²) in [4.78, 5) is 39.6. The van der Waals surface area contributed by atoms with Gasteiger partial charge in [0, 0.05) is 20.3 Å². The predicted octanol–water partition coefficient (Wildman–Crippen LogP) is 0.0940. The van der Waals surface area contributed by atoms with Crippen molar-refractivity contribution in [3.63, 3.8) is 0 Å². The molecule has 0 saturated carbocycles. The first-order valence-electron chi connectivity index (χ1n) is 5.82. The molecule has 0 aromatic carbocycles. The first-order valence-corrected chi connectivity index (χ1v) is 7.35. The lowest BCUT2D eigenvalue weighted by atomic mass is 10.0. The second-order valence-electron chi connectivity index (χ2n) is 4.32. The van der Waals surface area contributed by atoms with Crippen LogP contribution in [0.1, 0.15) is 27.2 Å². The summed E-state index contributed by atoms with van der Waals surface area (Å²) in [7, 11) is -4.74.